The van der Waals surface area contributed by atoms with Crippen molar-refractivity contribution >= 4 is 23.6 Å². The van der Waals surface area contributed by atoms with Crippen molar-refractivity contribution in [2.75, 3.05) is 19.3 Å². The number of amides is 1. The molecule has 0 aromatic heterocycles. The number of carboxylic acids is 1. The molecule has 1 aliphatic rings. The Labute approximate surface area is 112 Å². The van der Waals surface area contributed by atoms with Crippen LogP contribution in [0.5, 0.6) is 0 Å². The number of thioether (sulfide) groups is 1. The number of carbonyl (C=O) groups is 2. The standard InChI is InChI=1S/C12H22N2O3S/c1-3-5-11-14(9(8-18-11)12(16)17)10(15)6-4-7-13-2/h9,11,13H,3-8H2,1-2H3,(H,16,17). The third kappa shape index (κ3) is 3.88. The molecule has 1 heterocycles. The summed E-state index contributed by atoms with van der Waals surface area (Å²) in [6.07, 6.45) is 3.00. The van der Waals surface area contributed by atoms with E-state index in [1.807, 2.05) is 7.05 Å². The summed E-state index contributed by atoms with van der Waals surface area (Å²) in [5.74, 6) is -0.401. The Balaban J connectivity index is 2.63. The largest absolute Gasteiger partial charge is 0.480 e. The van der Waals surface area contributed by atoms with Crippen LogP contribution >= 0.6 is 11.8 Å². The van der Waals surface area contributed by atoms with Crippen molar-refractivity contribution in [1.29, 1.82) is 0 Å². The minimum Gasteiger partial charge on any atom is -0.480 e. The Kier molecular flexibility index (Phi) is 6.49. The number of hydrogen-bond acceptors (Lipinski definition) is 4. The lowest BCUT2D eigenvalue weighted by Crippen LogP contribution is -2.45. The van der Waals surface area contributed by atoms with Crippen molar-refractivity contribution in [2.24, 2.45) is 0 Å². The molecular weight excluding hydrogens is 252 g/mol. The zero-order valence-electron chi connectivity index (χ0n) is 11.0. The maximum absolute atomic E-state index is 12.1. The minimum atomic E-state index is -0.886. The maximum Gasteiger partial charge on any atom is 0.327 e. The summed E-state index contributed by atoms with van der Waals surface area (Å²) in [6.45, 7) is 2.83. The van der Waals surface area contributed by atoms with Gasteiger partial charge >= 0.3 is 5.97 Å². The van der Waals surface area contributed by atoms with Crippen LogP contribution in [0.4, 0.5) is 0 Å². The monoisotopic (exact) mass is 274 g/mol. The van der Waals surface area contributed by atoms with Gasteiger partial charge in [-0.2, -0.15) is 0 Å². The number of rotatable bonds is 7. The molecule has 6 heteroatoms. The minimum absolute atomic E-state index is 0.0268. The first-order valence-corrected chi connectivity index (χ1v) is 7.46. The van der Waals surface area contributed by atoms with Crippen molar-refractivity contribution in [1.82, 2.24) is 10.2 Å². The summed E-state index contributed by atoms with van der Waals surface area (Å²) in [6, 6.07) is -0.645. The molecule has 0 saturated carbocycles. The van der Waals surface area contributed by atoms with Crippen LogP contribution < -0.4 is 5.32 Å². The predicted molar refractivity (Wildman–Crippen MR) is 72.6 cm³/mol. The second-order valence-electron chi connectivity index (χ2n) is 4.44. The lowest BCUT2D eigenvalue weighted by atomic mass is 10.2. The van der Waals surface area contributed by atoms with Crippen LogP contribution in [0.3, 0.4) is 0 Å². The van der Waals surface area contributed by atoms with E-state index in [1.165, 1.54) is 0 Å². The van der Waals surface area contributed by atoms with E-state index in [9.17, 15) is 14.7 Å². The Morgan fingerprint density at radius 1 is 1.50 bits per heavy atom. The first-order valence-electron chi connectivity index (χ1n) is 6.42. The average Bonchev–Trinajstić information content (AvgIpc) is 2.73. The Morgan fingerprint density at radius 2 is 2.22 bits per heavy atom. The van der Waals surface area contributed by atoms with Gasteiger partial charge in [0.05, 0.1) is 5.37 Å². The van der Waals surface area contributed by atoms with E-state index >= 15 is 0 Å². The normalized spacial score (nSPS) is 23.3. The Morgan fingerprint density at radius 3 is 2.78 bits per heavy atom. The first-order chi connectivity index (χ1) is 8.61. The number of carbonyl (C=O) groups excluding carboxylic acids is 1. The Hall–Kier alpha value is -0.750. The molecule has 0 radical (unpaired) electrons. The molecule has 18 heavy (non-hydrogen) atoms. The molecule has 2 N–H and O–H groups in total. The lowest BCUT2D eigenvalue weighted by molar-refractivity contribution is -0.149. The van der Waals surface area contributed by atoms with E-state index in [2.05, 4.69) is 12.2 Å². The van der Waals surface area contributed by atoms with Gasteiger partial charge in [0.1, 0.15) is 6.04 Å². The van der Waals surface area contributed by atoms with Gasteiger partial charge in [-0.3, -0.25) is 4.79 Å². The lowest BCUT2D eigenvalue weighted by Gasteiger charge is -2.27. The summed E-state index contributed by atoms with van der Waals surface area (Å²) in [4.78, 5) is 24.9. The van der Waals surface area contributed by atoms with Gasteiger partial charge in [0.25, 0.3) is 0 Å². The molecule has 0 aliphatic carbocycles. The molecule has 5 nitrogen and oxygen atoms in total. The van der Waals surface area contributed by atoms with Crippen molar-refractivity contribution in [2.45, 2.75) is 44.0 Å². The molecule has 2 unspecified atom stereocenters. The van der Waals surface area contributed by atoms with Crippen LogP contribution in [0.15, 0.2) is 0 Å². The smallest absolute Gasteiger partial charge is 0.327 e. The predicted octanol–water partition coefficient (Wildman–Crippen LogP) is 1.14. The molecule has 0 bridgehead atoms. The van der Waals surface area contributed by atoms with Crippen LogP contribution in [0.2, 0.25) is 0 Å². The van der Waals surface area contributed by atoms with Gasteiger partial charge in [0.15, 0.2) is 0 Å². The van der Waals surface area contributed by atoms with Gasteiger partial charge in [-0.1, -0.05) is 13.3 Å². The van der Waals surface area contributed by atoms with E-state index in [0.717, 1.165) is 25.8 Å². The van der Waals surface area contributed by atoms with Crippen LogP contribution in [0.25, 0.3) is 0 Å². The second-order valence-corrected chi connectivity index (χ2v) is 5.65. The van der Waals surface area contributed by atoms with E-state index in [-0.39, 0.29) is 11.3 Å². The molecule has 1 rings (SSSR count). The molecule has 104 valence electrons. The number of carboxylic acid groups (broad SMARTS) is 1. The molecular formula is C12H22N2O3S. The van der Waals surface area contributed by atoms with Crippen molar-refractivity contribution in [3.05, 3.63) is 0 Å². The fourth-order valence-electron chi connectivity index (χ4n) is 2.10. The Bertz CT molecular complexity index is 299. The molecule has 1 fully saturated rings. The summed E-state index contributed by atoms with van der Waals surface area (Å²) in [5.41, 5.74) is 0. The summed E-state index contributed by atoms with van der Waals surface area (Å²) >= 11 is 1.59. The fraction of sp³-hybridized carbons (Fsp3) is 0.833. The zero-order chi connectivity index (χ0) is 13.5. The highest BCUT2D eigenvalue weighted by Crippen LogP contribution is 2.32. The molecule has 1 saturated heterocycles. The SMILES string of the molecule is CCCC1SCC(C(=O)O)N1C(=O)CCCNC. The zero-order valence-corrected chi connectivity index (χ0v) is 11.8. The van der Waals surface area contributed by atoms with Gasteiger partial charge in [0, 0.05) is 12.2 Å². The number of aliphatic carboxylic acids is 1. The summed E-state index contributed by atoms with van der Waals surface area (Å²) < 4.78 is 0. The first kappa shape index (κ1) is 15.3. The highest BCUT2D eigenvalue weighted by molar-refractivity contribution is 8.00. The fourth-order valence-corrected chi connectivity index (χ4v) is 3.64. The van der Waals surface area contributed by atoms with Crippen LogP contribution in [-0.2, 0) is 9.59 Å². The highest BCUT2D eigenvalue weighted by Gasteiger charge is 2.40. The van der Waals surface area contributed by atoms with Crippen molar-refractivity contribution in [3.8, 4) is 0 Å². The van der Waals surface area contributed by atoms with Crippen molar-refractivity contribution in [3.63, 3.8) is 0 Å². The molecule has 2 atom stereocenters. The molecule has 1 amide bonds. The van der Waals surface area contributed by atoms with Gasteiger partial charge in [-0.05, 0) is 26.4 Å². The number of nitrogens with one attached hydrogen (secondary N) is 1. The van der Waals surface area contributed by atoms with Gasteiger partial charge in [0.2, 0.25) is 5.91 Å². The second kappa shape index (κ2) is 7.63. The average molecular weight is 274 g/mol. The number of nitrogens with zero attached hydrogens (tertiary/aromatic N) is 1. The van der Waals surface area contributed by atoms with Gasteiger partial charge < -0.3 is 15.3 Å². The van der Waals surface area contributed by atoms with E-state index in [1.54, 1.807) is 16.7 Å². The van der Waals surface area contributed by atoms with E-state index in [0.29, 0.717) is 12.2 Å². The van der Waals surface area contributed by atoms with Gasteiger partial charge in [-0.25, -0.2) is 4.79 Å². The van der Waals surface area contributed by atoms with Crippen LogP contribution in [0.1, 0.15) is 32.6 Å². The molecule has 0 spiro atoms. The molecule has 0 aromatic rings. The van der Waals surface area contributed by atoms with E-state index < -0.39 is 12.0 Å². The molecule has 0 aromatic carbocycles. The van der Waals surface area contributed by atoms with Crippen LogP contribution in [0, 0.1) is 0 Å². The number of hydrogen-bond donors (Lipinski definition) is 2. The summed E-state index contributed by atoms with van der Waals surface area (Å²) in [7, 11) is 1.84. The highest BCUT2D eigenvalue weighted by atomic mass is 32.2. The topological polar surface area (TPSA) is 69.6 Å². The van der Waals surface area contributed by atoms with Crippen LogP contribution in [-0.4, -0.2) is 52.6 Å². The van der Waals surface area contributed by atoms with E-state index in [4.69, 9.17) is 0 Å². The summed E-state index contributed by atoms with van der Waals surface area (Å²) in [5, 5.41) is 12.2. The quantitative estimate of drug-likeness (QED) is 0.681. The third-order valence-electron chi connectivity index (χ3n) is 3.02. The molecule has 1 aliphatic heterocycles. The van der Waals surface area contributed by atoms with Gasteiger partial charge in [-0.15, -0.1) is 11.8 Å². The maximum atomic E-state index is 12.1. The van der Waals surface area contributed by atoms with Crippen molar-refractivity contribution < 1.29 is 14.7 Å². The third-order valence-corrected chi connectivity index (χ3v) is 4.37.